The predicted octanol–water partition coefficient (Wildman–Crippen LogP) is 2.05. The quantitative estimate of drug-likeness (QED) is 0.933. The van der Waals surface area contributed by atoms with Crippen LogP contribution in [0.2, 0.25) is 0 Å². The molecule has 100 valence electrons. The predicted molar refractivity (Wildman–Crippen MR) is 74.9 cm³/mol. The largest absolute Gasteiger partial charge is 0.350 e. The fourth-order valence-electron chi connectivity index (χ4n) is 1.97. The molecule has 2 aromatic heterocycles. The van der Waals surface area contributed by atoms with E-state index >= 15 is 0 Å². The number of hydrogen-bond acceptors (Lipinski definition) is 5. The zero-order chi connectivity index (χ0) is 13.5. The lowest BCUT2D eigenvalue weighted by atomic mass is 10.3. The second kappa shape index (κ2) is 4.56. The molecule has 0 saturated heterocycles. The van der Waals surface area contributed by atoms with Crippen molar-refractivity contribution < 1.29 is 0 Å². The molecule has 0 unspecified atom stereocenters. The van der Waals surface area contributed by atoms with Crippen molar-refractivity contribution in [2.24, 2.45) is 0 Å². The lowest BCUT2D eigenvalue weighted by Gasteiger charge is -2.16. The highest BCUT2D eigenvalue weighted by Gasteiger charge is 2.45. The number of rotatable bonds is 4. The minimum atomic E-state index is 0.0637. The second-order valence-corrected chi connectivity index (χ2v) is 5.90. The van der Waals surface area contributed by atoms with Gasteiger partial charge in [0.2, 0.25) is 5.95 Å². The first-order valence-corrected chi connectivity index (χ1v) is 7.01. The number of nitrogens with zero attached hydrogens (tertiary/aromatic N) is 5. The molecule has 0 spiro atoms. The highest BCUT2D eigenvalue weighted by Crippen LogP contribution is 2.43. The minimum absolute atomic E-state index is 0.0637. The molecule has 0 aromatic carbocycles. The molecule has 1 saturated carbocycles. The first-order valence-electron chi connectivity index (χ1n) is 6.21. The zero-order valence-electron chi connectivity index (χ0n) is 10.9. The van der Waals surface area contributed by atoms with Gasteiger partial charge in [0.25, 0.3) is 0 Å². The van der Waals surface area contributed by atoms with Crippen LogP contribution in [0.5, 0.6) is 0 Å². The van der Waals surface area contributed by atoms with Gasteiger partial charge < -0.3 is 5.32 Å². The van der Waals surface area contributed by atoms with Crippen molar-refractivity contribution >= 4 is 21.9 Å². The molecule has 2 heterocycles. The molecule has 0 radical (unpaired) electrons. The third kappa shape index (κ3) is 2.47. The summed E-state index contributed by atoms with van der Waals surface area (Å²) in [7, 11) is 0. The van der Waals surface area contributed by atoms with E-state index in [1.54, 1.807) is 0 Å². The van der Waals surface area contributed by atoms with E-state index in [4.69, 9.17) is 0 Å². The van der Waals surface area contributed by atoms with Gasteiger partial charge in [-0.15, -0.1) is 5.10 Å². The number of nitrogens with one attached hydrogen (secondary N) is 1. The van der Waals surface area contributed by atoms with E-state index in [0.717, 1.165) is 35.2 Å². The van der Waals surface area contributed by atoms with Gasteiger partial charge in [0.1, 0.15) is 0 Å². The van der Waals surface area contributed by atoms with Crippen molar-refractivity contribution in [2.75, 3.05) is 11.9 Å². The van der Waals surface area contributed by atoms with Crippen LogP contribution in [0, 0.1) is 13.8 Å². The Labute approximate surface area is 119 Å². The zero-order valence-corrected chi connectivity index (χ0v) is 12.5. The minimum Gasteiger partial charge on any atom is -0.350 e. The van der Waals surface area contributed by atoms with Gasteiger partial charge in [-0.05, 0) is 42.6 Å². The van der Waals surface area contributed by atoms with Crippen LogP contribution in [0.1, 0.15) is 24.2 Å². The first-order chi connectivity index (χ1) is 9.09. The van der Waals surface area contributed by atoms with Crippen LogP contribution in [-0.2, 0) is 5.54 Å². The van der Waals surface area contributed by atoms with E-state index in [0.29, 0.717) is 5.95 Å². The molecule has 1 aliphatic carbocycles. The molecule has 19 heavy (non-hydrogen) atoms. The van der Waals surface area contributed by atoms with Crippen LogP contribution in [0.25, 0.3) is 0 Å². The molecule has 3 rings (SSSR count). The van der Waals surface area contributed by atoms with Gasteiger partial charge in [0.05, 0.1) is 27.6 Å². The Hall–Kier alpha value is -1.50. The summed E-state index contributed by atoms with van der Waals surface area (Å²) < 4.78 is 3.02. The molecule has 0 amide bonds. The molecule has 1 aliphatic rings. The Morgan fingerprint density at radius 1 is 1.32 bits per heavy atom. The number of anilines is 1. The van der Waals surface area contributed by atoms with Gasteiger partial charge in [-0.25, -0.2) is 4.98 Å². The first kappa shape index (κ1) is 12.5. The Morgan fingerprint density at radius 2 is 2.11 bits per heavy atom. The molecule has 1 fully saturated rings. The Morgan fingerprint density at radius 3 is 2.68 bits per heavy atom. The molecular formula is C12H15BrN6. The summed E-state index contributed by atoms with van der Waals surface area (Å²) in [5, 5.41) is 15.8. The molecule has 0 atom stereocenters. The summed E-state index contributed by atoms with van der Waals surface area (Å²) >= 11 is 3.43. The number of halogens is 1. The van der Waals surface area contributed by atoms with Gasteiger partial charge in [-0.2, -0.15) is 10.2 Å². The Bertz CT molecular complexity index is 604. The highest BCUT2D eigenvalue weighted by atomic mass is 79.9. The fourth-order valence-corrected chi connectivity index (χ4v) is 2.25. The van der Waals surface area contributed by atoms with Crippen LogP contribution < -0.4 is 5.32 Å². The van der Waals surface area contributed by atoms with Crippen molar-refractivity contribution in [3.05, 3.63) is 28.3 Å². The average Bonchev–Trinajstić information content (AvgIpc) is 3.06. The molecule has 2 aromatic rings. The maximum absolute atomic E-state index is 4.38. The molecule has 6 nitrogen and oxygen atoms in total. The third-order valence-corrected chi connectivity index (χ3v) is 3.94. The second-order valence-electron chi connectivity index (χ2n) is 4.99. The third-order valence-electron chi connectivity index (χ3n) is 3.53. The summed E-state index contributed by atoms with van der Waals surface area (Å²) in [6.07, 6.45) is 6.06. The van der Waals surface area contributed by atoms with Gasteiger partial charge in [-0.3, -0.25) is 4.68 Å². The Balaban J connectivity index is 1.70. The number of aromatic nitrogens is 5. The summed E-state index contributed by atoms with van der Waals surface area (Å²) in [6.45, 7) is 4.61. The molecule has 0 bridgehead atoms. The van der Waals surface area contributed by atoms with Gasteiger partial charge in [0, 0.05) is 12.7 Å². The van der Waals surface area contributed by atoms with Crippen molar-refractivity contribution in [1.82, 2.24) is 25.0 Å². The average molecular weight is 323 g/mol. The normalized spacial score (nSPS) is 16.4. The van der Waals surface area contributed by atoms with Crippen LogP contribution in [0.4, 0.5) is 5.95 Å². The van der Waals surface area contributed by atoms with Gasteiger partial charge >= 0.3 is 0 Å². The van der Waals surface area contributed by atoms with E-state index in [-0.39, 0.29) is 5.54 Å². The maximum Gasteiger partial charge on any atom is 0.243 e. The lowest BCUT2D eigenvalue weighted by Crippen LogP contribution is -2.27. The fraction of sp³-hybridized carbons (Fsp3) is 0.500. The highest BCUT2D eigenvalue weighted by molar-refractivity contribution is 9.10. The molecule has 7 heteroatoms. The monoisotopic (exact) mass is 322 g/mol. The van der Waals surface area contributed by atoms with Crippen molar-refractivity contribution in [1.29, 1.82) is 0 Å². The topological polar surface area (TPSA) is 68.5 Å². The smallest absolute Gasteiger partial charge is 0.243 e. The molecular weight excluding hydrogens is 308 g/mol. The van der Waals surface area contributed by atoms with E-state index in [1.165, 1.54) is 0 Å². The maximum atomic E-state index is 4.38. The van der Waals surface area contributed by atoms with E-state index in [2.05, 4.69) is 41.5 Å². The summed E-state index contributed by atoms with van der Waals surface area (Å²) in [5.41, 5.74) is 1.83. The summed E-state index contributed by atoms with van der Waals surface area (Å²) in [6, 6.07) is 0. The summed E-state index contributed by atoms with van der Waals surface area (Å²) in [4.78, 5) is 4.38. The van der Waals surface area contributed by atoms with Crippen LogP contribution in [-0.4, -0.2) is 31.5 Å². The van der Waals surface area contributed by atoms with Crippen LogP contribution in [0.3, 0.4) is 0 Å². The number of hydrogen-bond donors (Lipinski definition) is 1. The number of aryl methyl sites for hydroxylation is 2. The summed E-state index contributed by atoms with van der Waals surface area (Å²) in [5.74, 6) is 0.584. The van der Waals surface area contributed by atoms with E-state index < -0.39 is 0 Å². The lowest BCUT2D eigenvalue weighted by molar-refractivity contribution is 0.451. The SMILES string of the molecule is Cc1nnc(NCC2(n3cc(Br)cn3)CC2)nc1C. The molecule has 0 aliphatic heterocycles. The van der Waals surface area contributed by atoms with Crippen molar-refractivity contribution in [3.8, 4) is 0 Å². The van der Waals surface area contributed by atoms with Crippen LogP contribution >= 0.6 is 15.9 Å². The molecule has 1 N–H and O–H groups in total. The van der Waals surface area contributed by atoms with Crippen molar-refractivity contribution in [3.63, 3.8) is 0 Å². The van der Waals surface area contributed by atoms with E-state index in [1.807, 2.05) is 30.9 Å². The van der Waals surface area contributed by atoms with Gasteiger partial charge in [0.15, 0.2) is 0 Å². The van der Waals surface area contributed by atoms with Gasteiger partial charge in [-0.1, -0.05) is 0 Å². The standard InChI is InChI=1S/C12H15BrN6/c1-8-9(2)17-18-11(16-8)14-7-12(3-4-12)19-6-10(13)5-15-19/h5-6H,3-4,7H2,1-2H3,(H,14,16,18). The van der Waals surface area contributed by atoms with Crippen molar-refractivity contribution in [2.45, 2.75) is 32.2 Å². The van der Waals surface area contributed by atoms with Crippen LogP contribution in [0.15, 0.2) is 16.9 Å². The Kier molecular flexibility index (Phi) is 3.00. The van der Waals surface area contributed by atoms with E-state index in [9.17, 15) is 0 Å².